The van der Waals surface area contributed by atoms with Crippen LogP contribution in [0, 0.1) is 0 Å². The van der Waals surface area contributed by atoms with Crippen molar-refractivity contribution < 1.29 is 19.1 Å². The first-order chi connectivity index (χ1) is 17.5. The molecule has 0 atom stereocenters. The van der Waals surface area contributed by atoms with E-state index < -0.39 is 5.91 Å². The predicted octanol–water partition coefficient (Wildman–Crippen LogP) is 2.50. The standard InChI is InChI=1S/C27H29N5O4/c1-35-21-8-6-20(7-9-21)32-24-22(23(29-32)25(28)33)10-13-31(26(24)34)19-4-2-18(3-5-19)27(11-12-27)30-14-16-36-17-15-30/h2-9H,10-17H2,1H3,(H2,28,33). The number of aromatic nitrogens is 2. The van der Waals surface area contributed by atoms with E-state index >= 15 is 0 Å². The molecule has 0 radical (unpaired) electrons. The number of methoxy groups -OCH3 is 1. The Morgan fingerprint density at radius 3 is 2.28 bits per heavy atom. The Bertz CT molecular complexity index is 1310. The van der Waals surface area contributed by atoms with E-state index in [0.29, 0.717) is 35.7 Å². The van der Waals surface area contributed by atoms with Crippen LogP contribution in [0.2, 0.25) is 0 Å². The van der Waals surface area contributed by atoms with Gasteiger partial charge in [0.1, 0.15) is 11.4 Å². The van der Waals surface area contributed by atoms with E-state index in [9.17, 15) is 9.59 Å². The maximum atomic E-state index is 13.8. The van der Waals surface area contributed by atoms with E-state index in [1.54, 1.807) is 36.3 Å². The number of rotatable bonds is 6. The van der Waals surface area contributed by atoms with E-state index in [-0.39, 0.29) is 17.1 Å². The average molecular weight is 488 g/mol. The van der Waals surface area contributed by atoms with Crippen molar-refractivity contribution in [1.82, 2.24) is 14.7 Å². The fourth-order valence-corrected chi connectivity index (χ4v) is 5.56. The maximum absolute atomic E-state index is 13.8. The molecule has 1 aliphatic carbocycles. The highest BCUT2D eigenvalue weighted by Gasteiger charge is 2.49. The molecule has 2 N–H and O–H groups in total. The minimum atomic E-state index is -0.637. The van der Waals surface area contributed by atoms with E-state index in [0.717, 1.165) is 44.8 Å². The van der Waals surface area contributed by atoms with Crippen molar-refractivity contribution in [2.45, 2.75) is 24.8 Å². The average Bonchev–Trinajstić information content (AvgIpc) is 3.63. The van der Waals surface area contributed by atoms with Crippen molar-refractivity contribution in [3.05, 3.63) is 71.0 Å². The first-order valence-electron chi connectivity index (χ1n) is 12.3. The van der Waals surface area contributed by atoms with Gasteiger partial charge >= 0.3 is 0 Å². The highest BCUT2D eigenvalue weighted by molar-refractivity contribution is 6.09. The van der Waals surface area contributed by atoms with Crippen LogP contribution in [0.3, 0.4) is 0 Å². The van der Waals surface area contributed by atoms with Gasteiger partial charge in [0.2, 0.25) is 0 Å². The Kier molecular flexibility index (Phi) is 5.54. The van der Waals surface area contributed by atoms with Gasteiger partial charge in [0.05, 0.1) is 26.0 Å². The lowest BCUT2D eigenvalue weighted by Gasteiger charge is -2.35. The van der Waals surface area contributed by atoms with E-state index in [1.807, 2.05) is 12.1 Å². The lowest BCUT2D eigenvalue weighted by atomic mass is 9.99. The molecule has 9 nitrogen and oxygen atoms in total. The van der Waals surface area contributed by atoms with Gasteiger partial charge in [0.25, 0.3) is 11.8 Å². The molecular weight excluding hydrogens is 458 g/mol. The van der Waals surface area contributed by atoms with Gasteiger partial charge in [-0.05, 0) is 61.2 Å². The number of benzene rings is 2. The molecule has 1 aromatic heterocycles. The number of anilines is 1. The van der Waals surface area contributed by atoms with Gasteiger partial charge in [-0.2, -0.15) is 5.10 Å². The zero-order valence-corrected chi connectivity index (χ0v) is 20.3. The molecular formula is C27H29N5O4. The van der Waals surface area contributed by atoms with Crippen molar-refractivity contribution >= 4 is 17.5 Å². The van der Waals surface area contributed by atoms with E-state index in [1.165, 1.54) is 10.2 Å². The quantitative estimate of drug-likeness (QED) is 0.573. The van der Waals surface area contributed by atoms with E-state index in [2.05, 4.69) is 22.1 Å². The Morgan fingerprint density at radius 2 is 1.67 bits per heavy atom. The van der Waals surface area contributed by atoms with Crippen LogP contribution in [0.1, 0.15) is 44.9 Å². The number of hydrogen-bond acceptors (Lipinski definition) is 6. The number of carbonyl (C=O) groups excluding carboxylic acids is 2. The minimum absolute atomic E-state index is 0.102. The summed E-state index contributed by atoms with van der Waals surface area (Å²) in [6, 6.07) is 15.5. The van der Waals surface area contributed by atoms with Crippen molar-refractivity contribution in [3.8, 4) is 11.4 Å². The number of primary amides is 1. The van der Waals surface area contributed by atoms with Crippen LogP contribution < -0.4 is 15.4 Å². The molecule has 0 spiro atoms. The summed E-state index contributed by atoms with van der Waals surface area (Å²) < 4.78 is 12.3. The van der Waals surface area contributed by atoms with Crippen LogP contribution in [0.5, 0.6) is 5.75 Å². The highest BCUT2D eigenvalue weighted by Crippen LogP contribution is 2.51. The molecule has 36 heavy (non-hydrogen) atoms. The number of morpholine rings is 1. The molecule has 1 saturated carbocycles. The first kappa shape index (κ1) is 22.8. The van der Waals surface area contributed by atoms with Crippen LogP contribution in [0.4, 0.5) is 5.69 Å². The van der Waals surface area contributed by atoms with Gasteiger partial charge in [-0.1, -0.05) is 12.1 Å². The number of hydrogen-bond donors (Lipinski definition) is 1. The molecule has 3 aromatic rings. The summed E-state index contributed by atoms with van der Waals surface area (Å²) >= 11 is 0. The molecule has 0 bridgehead atoms. The molecule has 2 amide bonds. The summed E-state index contributed by atoms with van der Waals surface area (Å²) in [5.41, 5.74) is 9.61. The first-order valence-corrected chi connectivity index (χ1v) is 12.3. The Morgan fingerprint density at radius 1 is 1.00 bits per heavy atom. The van der Waals surface area contributed by atoms with Crippen LogP contribution in [-0.4, -0.2) is 66.5 Å². The molecule has 6 rings (SSSR count). The van der Waals surface area contributed by atoms with Crippen molar-refractivity contribution in [3.63, 3.8) is 0 Å². The third-order valence-corrected chi connectivity index (χ3v) is 7.62. The van der Waals surface area contributed by atoms with Crippen molar-refractivity contribution in [2.75, 3.05) is 44.9 Å². The number of nitrogens with zero attached hydrogens (tertiary/aromatic N) is 4. The third kappa shape index (κ3) is 3.66. The SMILES string of the molecule is COc1ccc(-n2nc(C(N)=O)c3c2C(=O)N(c2ccc(C4(N5CCOCC5)CC4)cc2)CC3)cc1. The fraction of sp³-hybridized carbons (Fsp3) is 0.370. The topological polar surface area (TPSA) is 103 Å². The number of amides is 2. The zero-order chi connectivity index (χ0) is 24.9. The zero-order valence-electron chi connectivity index (χ0n) is 20.3. The Labute approximate surface area is 209 Å². The van der Waals surface area contributed by atoms with Crippen LogP contribution >= 0.6 is 0 Å². The second-order valence-electron chi connectivity index (χ2n) is 9.53. The predicted molar refractivity (Wildman–Crippen MR) is 134 cm³/mol. The number of fused-ring (bicyclic) bond motifs is 1. The summed E-state index contributed by atoms with van der Waals surface area (Å²) in [6.45, 7) is 3.91. The van der Waals surface area contributed by atoms with Gasteiger partial charge in [0, 0.05) is 36.4 Å². The molecule has 2 fully saturated rings. The van der Waals surface area contributed by atoms with Gasteiger partial charge in [-0.25, -0.2) is 4.68 Å². The normalized spacial score (nSPS) is 19.1. The molecule has 3 heterocycles. The lowest BCUT2D eigenvalue weighted by molar-refractivity contribution is 0.00835. The maximum Gasteiger partial charge on any atom is 0.277 e. The van der Waals surface area contributed by atoms with Gasteiger partial charge in [-0.15, -0.1) is 0 Å². The number of carbonyl (C=O) groups is 2. The van der Waals surface area contributed by atoms with Gasteiger partial charge < -0.3 is 20.1 Å². The molecule has 2 aromatic carbocycles. The van der Waals surface area contributed by atoms with Crippen LogP contribution in [-0.2, 0) is 16.7 Å². The molecule has 3 aliphatic rings. The van der Waals surface area contributed by atoms with Gasteiger partial charge in [-0.3, -0.25) is 14.5 Å². The number of ether oxygens (including phenoxy) is 2. The highest BCUT2D eigenvalue weighted by atomic mass is 16.5. The van der Waals surface area contributed by atoms with Gasteiger partial charge in [0.15, 0.2) is 5.69 Å². The van der Waals surface area contributed by atoms with Crippen LogP contribution in [0.15, 0.2) is 48.5 Å². The molecule has 2 aliphatic heterocycles. The third-order valence-electron chi connectivity index (χ3n) is 7.62. The lowest BCUT2D eigenvalue weighted by Crippen LogP contribution is -2.43. The van der Waals surface area contributed by atoms with Crippen molar-refractivity contribution in [1.29, 1.82) is 0 Å². The fourth-order valence-electron chi connectivity index (χ4n) is 5.56. The smallest absolute Gasteiger partial charge is 0.277 e. The molecule has 186 valence electrons. The summed E-state index contributed by atoms with van der Waals surface area (Å²) in [5, 5.41) is 4.44. The monoisotopic (exact) mass is 487 g/mol. The van der Waals surface area contributed by atoms with Crippen LogP contribution in [0.25, 0.3) is 5.69 Å². The number of nitrogens with two attached hydrogens (primary N) is 1. The summed E-state index contributed by atoms with van der Waals surface area (Å²) in [4.78, 5) is 30.2. The molecule has 0 unspecified atom stereocenters. The summed E-state index contributed by atoms with van der Waals surface area (Å²) in [7, 11) is 1.59. The Hall–Kier alpha value is -3.69. The summed E-state index contributed by atoms with van der Waals surface area (Å²) in [5.74, 6) is -0.149. The Balaban J connectivity index is 1.32. The van der Waals surface area contributed by atoms with Crippen molar-refractivity contribution in [2.24, 2.45) is 5.73 Å². The minimum Gasteiger partial charge on any atom is -0.497 e. The second-order valence-corrected chi connectivity index (χ2v) is 9.53. The largest absolute Gasteiger partial charge is 0.497 e. The molecule has 1 saturated heterocycles. The summed E-state index contributed by atoms with van der Waals surface area (Å²) in [6.07, 6.45) is 2.79. The van der Waals surface area contributed by atoms with E-state index in [4.69, 9.17) is 15.2 Å². The molecule has 9 heteroatoms. The second kappa shape index (κ2) is 8.76.